The van der Waals surface area contributed by atoms with Crippen LogP contribution in [0.1, 0.15) is 36.0 Å². The summed E-state index contributed by atoms with van der Waals surface area (Å²) in [6.45, 7) is 0.365. The third-order valence-corrected chi connectivity index (χ3v) is 5.00. The van der Waals surface area contributed by atoms with Crippen LogP contribution in [-0.4, -0.2) is 28.0 Å². The molecule has 0 saturated heterocycles. The Morgan fingerprint density at radius 2 is 2.14 bits per heavy atom. The van der Waals surface area contributed by atoms with E-state index in [4.69, 9.17) is 5.73 Å². The lowest BCUT2D eigenvalue weighted by Crippen LogP contribution is -2.27. The number of sulfonamides is 1. The molecular formula is C14H20N2O4S. The fraction of sp³-hybridized carbons (Fsp3) is 0.500. The molecule has 0 aromatic heterocycles. The molecule has 1 aromatic rings. The van der Waals surface area contributed by atoms with Crippen molar-refractivity contribution in [1.82, 2.24) is 4.72 Å². The topological polar surface area (TPSA) is 98.5 Å². The van der Waals surface area contributed by atoms with Crippen LogP contribution in [0.4, 0.5) is 5.69 Å². The number of nitrogen functional groups attached to an aromatic ring is 1. The van der Waals surface area contributed by atoms with Crippen molar-refractivity contribution in [1.29, 1.82) is 0 Å². The van der Waals surface area contributed by atoms with Crippen molar-refractivity contribution < 1.29 is 17.9 Å². The van der Waals surface area contributed by atoms with Gasteiger partial charge in [0.15, 0.2) is 0 Å². The van der Waals surface area contributed by atoms with Gasteiger partial charge in [-0.05, 0) is 37.0 Å². The fourth-order valence-corrected chi connectivity index (χ4v) is 3.38. The number of hydrogen-bond donors (Lipinski definition) is 2. The van der Waals surface area contributed by atoms with E-state index in [1.54, 1.807) is 0 Å². The number of carbonyl (C=O) groups excluding carboxylic acids is 1. The van der Waals surface area contributed by atoms with Gasteiger partial charge in [-0.2, -0.15) is 0 Å². The first-order valence-electron chi connectivity index (χ1n) is 6.91. The molecule has 0 spiro atoms. The Morgan fingerprint density at radius 3 is 2.76 bits per heavy atom. The predicted octanol–water partition coefficient (Wildman–Crippen LogP) is 1.52. The fourth-order valence-electron chi connectivity index (χ4n) is 2.13. The number of benzene rings is 1. The molecule has 1 aliphatic rings. The molecule has 2 rings (SSSR count). The predicted molar refractivity (Wildman–Crippen MR) is 79.3 cm³/mol. The van der Waals surface area contributed by atoms with E-state index >= 15 is 0 Å². The highest BCUT2D eigenvalue weighted by Crippen LogP contribution is 2.33. The summed E-state index contributed by atoms with van der Waals surface area (Å²) in [6.07, 6.45) is 4.33. The maximum absolute atomic E-state index is 12.3. The molecule has 1 saturated carbocycles. The Bertz CT molecular complexity index is 624. The lowest BCUT2D eigenvalue weighted by Gasteiger charge is -2.11. The first-order valence-corrected chi connectivity index (χ1v) is 8.40. The first-order chi connectivity index (χ1) is 9.94. The monoisotopic (exact) mass is 312 g/mol. The van der Waals surface area contributed by atoms with Gasteiger partial charge in [0, 0.05) is 12.2 Å². The number of hydrogen-bond acceptors (Lipinski definition) is 5. The van der Waals surface area contributed by atoms with E-state index in [0.29, 0.717) is 12.2 Å². The summed E-state index contributed by atoms with van der Waals surface area (Å²) in [5, 5.41) is 0. The molecule has 3 N–H and O–H groups in total. The van der Waals surface area contributed by atoms with Crippen LogP contribution in [-0.2, 0) is 14.8 Å². The average molecular weight is 312 g/mol. The molecule has 0 radical (unpaired) electrons. The quantitative estimate of drug-likeness (QED) is 0.452. The van der Waals surface area contributed by atoms with Crippen LogP contribution in [0.15, 0.2) is 23.1 Å². The summed E-state index contributed by atoms with van der Waals surface area (Å²) in [6, 6.07) is 4.08. The van der Waals surface area contributed by atoms with E-state index < -0.39 is 16.0 Å². The number of esters is 1. The number of carbonyl (C=O) groups is 1. The molecule has 6 nitrogen and oxygen atoms in total. The van der Waals surface area contributed by atoms with Gasteiger partial charge in [-0.15, -0.1) is 0 Å². The first kappa shape index (κ1) is 15.8. The van der Waals surface area contributed by atoms with Crippen LogP contribution >= 0.6 is 0 Å². The minimum atomic E-state index is -3.75. The molecule has 1 fully saturated rings. The second-order valence-electron chi connectivity index (χ2n) is 5.23. The van der Waals surface area contributed by atoms with Gasteiger partial charge >= 0.3 is 5.97 Å². The number of ether oxygens (including phenoxy) is 1. The van der Waals surface area contributed by atoms with Crippen molar-refractivity contribution in [3.05, 3.63) is 23.8 Å². The second kappa shape index (κ2) is 6.44. The van der Waals surface area contributed by atoms with Gasteiger partial charge in [0.05, 0.1) is 17.6 Å². The Kier molecular flexibility index (Phi) is 4.84. The number of anilines is 1. The zero-order chi connectivity index (χ0) is 15.5. The summed E-state index contributed by atoms with van der Waals surface area (Å²) in [5.41, 5.74) is 5.86. The summed E-state index contributed by atoms with van der Waals surface area (Å²) in [4.78, 5) is 11.6. The molecule has 7 heteroatoms. The van der Waals surface area contributed by atoms with E-state index in [0.717, 1.165) is 18.8 Å². The molecule has 0 amide bonds. The SMILES string of the molecule is COC(=O)c1cc(N)ccc1S(=O)(=O)NCCCC1CC1. The minimum Gasteiger partial charge on any atom is -0.465 e. The third kappa shape index (κ3) is 4.18. The molecule has 0 bridgehead atoms. The van der Waals surface area contributed by atoms with Crippen LogP contribution in [0.25, 0.3) is 0 Å². The average Bonchev–Trinajstić information content (AvgIpc) is 3.26. The molecule has 0 atom stereocenters. The Hall–Kier alpha value is -1.60. The van der Waals surface area contributed by atoms with E-state index in [2.05, 4.69) is 9.46 Å². The highest BCUT2D eigenvalue weighted by Gasteiger charge is 2.24. The van der Waals surface area contributed by atoms with E-state index in [-0.39, 0.29) is 10.5 Å². The summed E-state index contributed by atoms with van der Waals surface area (Å²) in [5.74, 6) is 0.0392. The molecule has 21 heavy (non-hydrogen) atoms. The maximum atomic E-state index is 12.3. The Balaban J connectivity index is 2.11. The maximum Gasteiger partial charge on any atom is 0.339 e. The molecule has 0 aliphatic heterocycles. The molecule has 116 valence electrons. The van der Waals surface area contributed by atoms with Crippen LogP contribution < -0.4 is 10.5 Å². The minimum absolute atomic E-state index is 0.0489. The van der Waals surface area contributed by atoms with Gasteiger partial charge in [0.1, 0.15) is 0 Å². The molecule has 0 unspecified atom stereocenters. The number of methoxy groups -OCH3 is 1. The third-order valence-electron chi connectivity index (χ3n) is 3.48. The van der Waals surface area contributed by atoms with Gasteiger partial charge < -0.3 is 10.5 Å². The van der Waals surface area contributed by atoms with Crippen molar-refractivity contribution in [2.45, 2.75) is 30.6 Å². The van der Waals surface area contributed by atoms with Gasteiger partial charge in [0.25, 0.3) is 0 Å². The van der Waals surface area contributed by atoms with E-state index in [1.807, 2.05) is 0 Å². The number of nitrogens with one attached hydrogen (secondary N) is 1. The van der Waals surface area contributed by atoms with Crippen molar-refractivity contribution >= 4 is 21.7 Å². The second-order valence-corrected chi connectivity index (χ2v) is 6.97. The van der Waals surface area contributed by atoms with Gasteiger partial charge in [0.2, 0.25) is 10.0 Å². The van der Waals surface area contributed by atoms with E-state index in [1.165, 1.54) is 38.2 Å². The largest absolute Gasteiger partial charge is 0.465 e. The Morgan fingerprint density at radius 1 is 1.43 bits per heavy atom. The zero-order valence-electron chi connectivity index (χ0n) is 12.0. The summed E-state index contributed by atoms with van der Waals surface area (Å²) in [7, 11) is -2.55. The summed E-state index contributed by atoms with van der Waals surface area (Å²) >= 11 is 0. The highest BCUT2D eigenvalue weighted by molar-refractivity contribution is 7.89. The van der Waals surface area contributed by atoms with Crippen molar-refractivity contribution in [2.75, 3.05) is 19.4 Å². The molecule has 0 heterocycles. The lowest BCUT2D eigenvalue weighted by atomic mass is 10.2. The summed E-state index contributed by atoms with van der Waals surface area (Å²) < 4.78 is 31.7. The van der Waals surface area contributed by atoms with Crippen LogP contribution in [0, 0.1) is 5.92 Å². The van der Waals surface area contributed by atoms with Crippen LogP contribution in [0.2, 0.25) is 0 Å². The van der Waals surface area contributed by atoms with Gasteiger partial charge in [-0.1, -0.05) is 12.8 Å². The van der Waals surface area contributed by atoms with Crippen LogP contribution in [0.5, 0.6) is 0 Å². The van der Waals surface area contributed by atoms with Gasteiger partial charge in [-0.25, -0.2) is 17.9 Å². The normalized spacial score (nSPS) is 14.9. The Labute approximate surface area is 124 Å². The van der Waals surface area contributed by atoms with E-state index in [9.17, 15) is 13.2 Å². The molecule has 1 aromatic carbocycles. The van der Waals surface area contributed by atoms with Gasteiger partial charge in [-0.3, -0.25) is 0 Å². The number of nitrogens with two attached hydrogens (primary N) is 1. The number of rotatable bonds is 7. The highest BCUT2D eigenvalue weighted by atomic mass is 32.2. The standard InChI is InChI=1S/C14H20N2O4S/c1-20-14(17)12-9-11(15)6-7-13(12)21(18,19)16-8-2-3-10-4-5-10/h6-7,9-10,16H,2-5,8,15H2,1H3. The van der Waals surface area contributed by atoms with Crippen molar-refractivity contribution in [3.63, 3.8) is 0 Å². The molecular weight excluding hydrogens is 292 g/mol. The van der Waals surface area contributed by atoms with Crippen LogP contribution in [0.3, 0.4) is 0 Å². The van der Waals surface area contributed by atoms with Crippen molar-refractivity contribution in [2.24, 2.45) is 5.92 Å². The van der Waals surface area contributed by atoms with Crippen molar-refractivity contribution in [3.8, 4) is 0 Å². The molecule has 1 aliphatic carbocycles. The lowest BCUT2D eigenvalue weighted by molar-refractivity contribution is 0.0596. The smallest absolute Gasteiger partial charge is 0.339 e. The zero-order valence-corrected chi connectivity index (χ0v) is 12.8.